The first-order chi connectivity index (χ1) is 6.11. The lowest BCUT2D eigenvalue weighted by Crippen LogP contribution is -2.03. The molecular weight excluding hydrogens is 279 g/mol. The number of halogens is 1. The fourth-order valence-electron chi connectivity index (χ4n) is 0.947. The Morgan fingerprint density at radius 2 is 2.08 bits per heavy atom. The van der Waals surface area contributed by atoms with E-state index in [9.17, 15) is 4.79 Å². The van der Waals surface area contributed by atoms with Crippen LogP contribution in [0.25, 0.3) is 0 Å². The van der Waals surface area contributed by atoms with Crippen molar-refractivity contribution in [3.8, 4) is 0 Å². The molecule has 1 aromatic rings. The highest BCUT2D eigenvalue weighted by Gasteiger charge is 2.06. The highest BCUT2D eigenvalue weighted by molar-refractivity contribution is 14.1. The topological polar surface area (TPSA) is 37.3 Å². The summed E-state index contributed by atoms with van der Waals surface area (Å²) < 4.78 is 1.07. The lowest BCUT2D eigenvalue weighted by Gasteiger charge is -2.02. The monoisotopic (exact) mass is 288 g/mol. The Bertz CT molecular complexity index is 345. The van der Waals surface area contributed by atoms with Gasteiger partial charge in [-0.3, -0.25) is 0 Å². The molecule has 0 bridgehead atoms. The highest BCUT2D eigenvalue weighted by Crippen LogP contribution is 2.14. The second-order valence-corrected chi connectivity index (χ2v) is 3.84. The minimum Gasteiger partial charge on any atom is -0.478 e. The molecule has 0 aliphatic heterocycles. The van der Waals surface area contributed by atoms with Crippen molar-refractivity contribution in [1.82, 2.24) is 0 Å². The first-order valence-electron chi connectivity index (χ1n) is 3.75. The van der Waals surface area contributed by atoms with E-state index in [0.717, 1.165) is 9.13 Å². The number of aliphatic carboxylic acids is 1. The zero-order chi connectivity index (χ0) is 9.84. The van der Waals surface area contributed by atoms with Gasteiger partial charge >= 0.3 is 5.97 Å². The van der Waals surface area contributed by atoms with Crippen LogP contribution in [0.1, 0.15) is 5.56 Å². The van der Waals surface area contributed by atoms with Gasteiger partial charge in [0.05, 0.1) is 0 Å². The van der Waals surface area contributed by atoms with E-state index in [1.165, 1.54) is 0 Å². The standard InChI is InChI=1S/C10H9IO2/c1-7(10(12)13)6-8-4-2-3-5-9(8)11/h2-5H,1,6H2,(H,12,13). The van der Waals surface area contributed by atoms with Crippen molar-refractivity contribution in [2.45, 2.75) is 6.42 Å². The average molecular weight is 288 g/mol. The third-order valence-electron chi connectivity index (χ3n) is 1.66. The summed E-state index contributed by atoms with van der Waals surface area (Å²) in [7, 11) is 0. The van der Waals surface area contributed by atoms with Gasteiger partial charge in [0.25, 0.3) is 0 Å². The normalized spacial score (nSPS) is 9.62. The van der Waals surface area contributed by atoms with Crippen molar-refractivity contribution >= 4 is 28.6 Å². The predicted molar refractivity (Wildman–Crippen MR) is 59.6 cm³/mol. The van der Waals surface area contributed by atoms with Gasteiger partial charge < -0.3 is 5.11 Å². The van der Waals surface area contributed by atoms with E-state index in [4.69, 9.17) is 5.11 Å². The molecule has 0 aromatic heterocycles. The lowest BCUT2D eigenvalue weighted by molar-refractivity contribution is -0.132. The van der Waals surface area contributed by atoms with Crippen LogP contribution in [-0.2, 0) is 11.2 Å². The van der Waals surface area contributed by atoms with E-state index in [2.05, 4.69) is 29.2 Å². The minimum absolute atomic E-state index is 0.226. The van der Waals surface area contributed by atoms with Crippen molar-refractivity contribution in [1.29, 1.82) is 0 Å². The molecule has 0 spiro atoms. The van der Waals surface area contributed by atoms with Gasteiger partial charge in [-0.2, -0.15) is 0 Å². The molecular formula is C10H9IO2. The largest absolute Gasteiger partial charge is 0.478 e. The molecule has 0 heterocycles. The van der Waals surface area contributed by atoms with Crippen molar-refractivity contribution < 1.29 is 9.90 Å². The van der Waals surface area contributed by atoms with E-state index >= 15 is 0 Å². The quantitative estimate of drug-likeness (QED) is 0.685. The van der Waals surface area contributed by atoms with Gasteiger partial charge in [-0.05, 0) is 34.2 Å². The molecule has 0 saturated carbocycles. The third kappa shape index (κ3) is 2.84. The van der Waals surface area contributed by atoms with E-state index in [-0.39, 0.29) is 5.57 Å². The molecule has 2 nitrogen and oxygen atoms in total. The fourth-order valence-corrected chi connectivity index (χ4v) is 1.53. The van der Waals surface area contributed by atoms with Crippen molar-refractivity contribution in [3.05, 3.63) is 45.6 Å². The molecule has 0 fully saturated rings. The number of benzene rings is 1. The molecule has 0 aliphatic carbocycles. The zero-order valence-corrected chi connectivity index (χ0v) is 9.11. The van der Waals surface area contributed by atoms with Crippen LogP contribution in [-0.4, -0.2) is 11.1 Å². The smallest absolute Gasteiger partial charge is 0.331 e. The van der Waals surface area contributed by atoms with E-state index < -0.39 is 5.97 Å². The molecule has 0 radical (unpaired) electrons. The Hall–Kier alpha value is -0.840. The summed E-state index contributed by atoms with van der Waals surface area (Å²) in [6.07, 6.45) is 0.411. The van der Waals surface area contributed by atoms with Crippen molar-refractivity contribution in [2.24, 2.45) is 0 Å². The van der Waals surface area contributed by atoms with Crippen LogP contribution in [0, 0.1) is 3.57 Å². The van der Waals surface area contributed by atoms with Crippen LogP contribution in [0.3, 0.4) is 0 Å². The molecule has 0 aliphatic rings. The predicted octanol–water partition coefficient (Wildman–Crippen LogP) is 2.47. The molecule has 1 N–H and O–H groups in total. The zero-order valence-electron chi connectivity index (χ0n) is 6.96. The van der Waals surface area contributed by atoms with Gasteiger partial charge in [0.2, 0.25) is 0 Å². The number of carbonyl (C=O) groups is 1. The van der Waals surface area contributed by atoms with E-state index in [1.54, 1.807) is 0 Å². The van der Waals surface area contributed by atoms with Crippen LogP contribution in [0.15, 0.2) is 36.4 Å². The fraction of sp³-hybridized carbons (Fsp3) is 0.100. The Balaban J connectivity index is 2.81. The number of carboxylic acids is 1. The Labute approximate surface area is 90.4 Å². The molecule has 1 rings (SSSR count). The van der Waals surface area contributed by atoms with Crippen LogP contribution in [0.5, 0.6) is 0 Å². The molecule has 68 valence electrons. The van der Waals surface area contributed by atoms with Crippen LogP contribution in [0.4, 0.5) is 0 Å². The first-order valence-corrected chi connectivity index (χ1v) is 4.83. The minimum atomic E-state index is -0.931. The molecule has 0 saturated heterocycles. The number of hydrogen-bond acceptors (Lipinski definition) is 1. The molecule has 13 heavy (non-hydrogen) atoms. The summed E-state index contributed by atoms with van der Waals surface area (Å²) >= 11 is 2.18. The number of rotatable bonds is 3. The third-order valence-corrected chi connectivity index (χ3v) is 2.72. The second-order valence-electron chi connectivity index (χ2n) is 2.68. The maximum atomic E-state index is 10.5. The van der Waals surface area contributed by atoms with Gasteiger partial charge in [0, 0.05) is 15.6 Å². The van der Waals surface area contributed by atoms with Gasteiger partial charge in [-0.15, -0.1) is 0 Å². The maximum absolute atomic E-state index is 10.5. The summed E-state index contributed by atoms with van der Waals surface area (Å²) in [6.45, 7) is 3.49. The summed E-state index contributed by atoms with van der Waals surface area (Å²) in [6, 6.07) is 7.68. The van der Waals surface area contributed by atoms with Crippen molar-refractivity contribution in [2.75, 3.05) is 0 Å². The molecule has 0 unspecified atom stereocenters. The average Bonchev–Trinajstić information content (AvgIpc) is 2.08. The summed E-state index contributed by atoms with van der Waals surface area (Å²) in [4.78, 5) is 10.5. The summed E-state index contributed by atoms with van der Waals surface area (Å²) in [5, 5.41) is 8.63. The van der Waals surface area contributed by atoms with Gasteiger partial charge in [-0.1, -0.05) is 24.8 Å². The maximum Gasteiger partial charge on any atom is 0.331 e. The lowest BCUT2D eigenvalue weighted by atomic mass is 10.1. The van der Waals surface area contributed by atoms with E-state index in [0.29, 0.717) is 6.42 Å². The van der Waals surface area contributed by atoms with Gasteiger partial charge in [0.1, 0.15) is 0 Å². The summed E-state index contributed by atoms with van der Waals surface area (Å²) in [5.41, 5.74) is 1.24. The number of hydrogen-bond donors (Lipinski definition) is 1. The van der Waals surface area contributed by atoms with Crippen LogP contribution >= 0.6 is 22.6 Å². The van der Waals surface area contributed by atoms with E-state index in [1.807, 2.05) is 24.3 Å². The molecule has 1 aromatic carbocycles. The Morgan fingerprint density at radius 1 is 1.46 bits per heavy atom. The second kappa shape index (κ2) is 4.41. The van der Waals surface area contributed by atoms with Crippen molar-refractivity contribution in [3.63, 3.8) is 0 Å². The SMILES string of the molecule is C=C(Cc1ccccc1I)C(=O)O. The Morgan fingerprint density at radius 3 is 2.62 bits per heavy atom. The highest BCUT2D eigenvalue weighted by atomic mass is 127. The molecule has 0 atom stereocenters. The van der Waals surface area contributed by atoms with Gasteiger partial charge in [0.15, 0.2) is 0 Å². The Kier molecular flexibility index (Phi) is 3.48. The number of carboxylic acid groups (broad SMARTS) is 1. The first kappa shape index (κ1) is 10.2. The molecule has 0 amide bonds. The summed E-state index contributed by atoms with van der Waals surface area (Å²) in [5.74, 6) is -0.931. The van der Waals surface area contributed by atoms with Crippen LogP contribution in [0.2, 0.25) is 0 Å². The molecule has 3 heteroatoms. The van der Waals surface area contributed by atoms with Crippen LogP contribution < -0.4 is 0 Å². The van der Waals surface area contributed by atoms with Gasteiger partial charge in [-0.25, -0.2) is 4.79 Å².